The Morgan fingerprint density at radius 3 is 2.43 bits per heavy atom. The second-order valence-electron chi connectivity index (χ2n) is 7.90. The molecule has 3 rings (SSSR count). The zero-order chi connectivity index (χ0) is 16.6. The van der Waals surface area contributed by atoms with Crippen LogP contribution in [0.3, 0.4) is 0 Å². The maximum atomic E-state index is 12.3. The highest BCUT2D eigenvalue weighted by Gasteiger charge is 2.58. The van der Waals surface area contributed by atoms with Crippen LogP contribution in [0.2, 0.25) is 0 Å². The standard InChI is InChI=1S/C17H28N2O4/c1-17(2)13(12-4-3-9-23-14(12)17)19-16(22)18-11-7-5-10(6-8-11)15(20)21/h10-14H,3-9H2,1-2H3,(H,20,21)(H2,18,19,22). The van der Waals surface area contributed by atoms with E-state index in [-0.39, 0.29) is 35.6 Å². The third-order valence-electron chi connectivity index (χ3n) is 6.03. The fourth-order valence-corrected chi connectivity index (χ4v) is 4.67. The number of amides is 2. The van der Waals surface area contributed by atoms with Gasteiger partial charge in [0.2, 0.25) is 0 Å². The average molecular weight is 324 g/mol. The fourth-order valence-electron chi connectivity index (χ4n) is 4.67. The van der Waals surface area contributed by atoms with Crippen molar-refractivity contribution in [3.63, 3.8) is 0 Å². The predicted molar refractivity (Wildman–Crippen MR) is 85.1 cm³/mol. The molecule has 0 radical (unpaired) electrons. The molecule has 23 heavy (non-hydrogen) atoms. The molecule has 2 amide bonds. The van der Waals surface area contributed by atoms with Gasteiger partial charge in [-0.3, -0.25) is 4.79 Å². The molecule has 0 aromatic heterocycles. The molecule has 1 saturated heterocycles. The highest BCUT2D eigenvalue weighted by Crippen LogP contribution is 2.51. The van der Waals surface area contributed by atoms with Gasteiger partial charge in [-0.1, -0.05) is 13.8 Å². The van der Waals surface area contributed by atoms with E-state index >= 15 is 0 Å². The normalized spacial score (nSPS) is 38.8. The van der Waals surface area contributed by atoms with Crippen LogP contribution in [-0.2, 0) is 9.53 Å². The van der Waals surface area contributed by atoms with Gasteiger partial charge in [-0.25, -0.2) is 4.79 Å². The summed E-state index contributed by atoms with van der Waals surface area (Å²) in [5.74, 6) is -0.540. The summed E-state index contributed by atoms with van der Waals surface area (Å²) < 4.78 is 5.86. The number of carboxylic acid groups (broad SMARTS) is 1. The SMILES string of the molecule is CC1(C)C(NC(=O)NC2CCC(C(=O)O)CC2)C2CCCOC21. The molecule has 0 aromatic carbocycles. The Hall–Kier alpha value is -1.30. The molecule has 6 nitrogen and oxygen atoms in total. The molecule has 130 valence electrons. The lowest BCUT2D eigenvalue weighted by Gasteiger charge is -2.59. The Kier molecular flexibility index (Phi) is 4.54. The maximum Gasteiger partial charge on any atom is 0.315 e. The number of rotatable bonds is 3. The minimum atomic E-state index is -0.715. The number of carboxylic acids is 1. The van der Waals surface area contributed by atoms with Crippen molar-refractivity contribution in [3.05, 3.63) is 0 Å². The van der Waals surface area contributed by atoms with Crippen molar-refractivity contribution in [2.24, 2.45) is 17.3 Å². The van der Waals surface area contributed by atoms with Crippen LogP contribution >= 0.6 is 0 Å². The summed E-state index contributed by atoms with van der Waals surface area (Å²) in [6.45, 7) is 5.14. The molecule has 3 aliphatic rings. The van der Waals surface area contributed by atoms with E-state index in [9.17, 15) is 9.59 Å². The second-order valence-corrected chi connectivity index (χ2v) is 7.90. The summed E-state index contributed by atoms with van der Waals surface area (Å²) >= 11 is 0. The van der Waals surface area contributed by atoms with E-state index in [1.54, 1.807) is 0 Å². The van der Waals surface area contributed by atoms with E-state index in [4.69, 9.17) is 9.84 Å². The van der Waals surface area contributed by atoms with Crippen LogP contribution in [0.5, 0.6) is 0 Å². The molecule has 2 aliphatic carbocycles. The number of hydrogen-bond donors (Lipinski definition) is 3. The van der Waals surface area contributed by atoms with E-state index in [1.807, 2.05) is 0 Å². The molecule has 2 saturated carbocycles. The lowest BCUT2D eigenvalue weighted by molar-refractivity contribution is -0.189. The van der Waals surface area contributed by atoms with Crippen molar-refractivity contribution in [3.8, 4) is 0 Å². The molecule has 3 N–H and O–H groups in total. The molecule has 1 heterocycles. The first-order valence-corrected chi connectivity index (χ1v) is 8.81. The zero-order valence-electron chi connectivity index (χ0n) is 14.0. The van der Waals surface area contributed by atoms with E-state index in [1.165, 1.54) is 0 Å². The average Bonchev–Trinajstić information content (AvgIpc) is 2.53. The monoisotopic (exact) mass is 324 g/mol. The van der Waals surface area contributed by atoms with Crippen molar-refractivity contribution >= 4 is 12.0 Å². The van der Waals surface area contributed by atoms with E-state index in [0.29, 0.717) is 18.8 Å². The Labute approximate surface area is 137 Å². The number of carbonyl (C=O) groups excluding carboxylic acids is 1. The predicted octanol–water partition coefficient (Wildman–Crippen LogP) is 2.13. The van der Waals surface area contributed by atoms with Crippen molar-refractivity contribution in [1.82, 2.24) is 10.6 Å². The second kappa shape index (κ2) is 6.30. The Morgan fingerprint density at radius 2 is 1.78 bits per heavy atom. The van der Waals surface area contributed by atoms with Gasteiger partial charge in [0.1, 0.15) is 0 Å². The summed E-state index contributed by atoms with van der Waals surface area (Å²) in [4.78, 5) is 23.3. The van der Waals surface area contributed by atoms with Crippen molar-refractivity contribution in [2.45, 2.75) is 70.6 Å². The summed E-state index contributed by atoms with van der Waals surface area (Å²) in [5.41, 5.74) is -0.0244. The van der Waals surface area contributed by atoms with Crippen molar-refractivity contribution in [1.29, 1.82) is 0 Å². The Morgan fingerprint density at radius 1 is 1.09 bits per heavy atom. The zero-order valence-corrected chi connectivity index (χ0v) is 14.0. The van der Waals surface area contributed by atoms with Gasteiger partial charge in [0.25, 0.3) is 0 Å². The molecule has 3 unspecified atom stereocenters. The highest BCUT2D eigenvalue weighted by molar-refractivity contribution is 5.75. The largest absolute Gasteiger partial charge is 0.481 e. The van der Waals surface area contributed by atoms with Gasteiger partial charge in [-0.05, 0) is 38.5 Å². The smallest absolute Gasteiger partial charge is 0.315 e. The first kappa shape index (κ1) is 16.6. The number of ether oxygens (including phenoxy) is 1. The van der Waals surface area contributed by atoms with Crippen LogP contribution in [0.15, 0.2) is 0 Å². The molecule has 0 bridgehead atoms. The van der Waals surface area contributed by atoms with Crippen LogP contribution in [-0.4, -0.2) is 41.9 Å². The van der Waals surface area contributed by atoms with Crippen LogP contribution in [0, 0.1) is 17.3 Å². The van der Waals surface area contributed by atoms with Gasteiger partial charge < -0.3 is 20.5 Å². The molecule has 0 aromatic rings. The van der Waals surface area contributed by atoms with Crippen molar-refractivity contribution < 1.29 is 19.4 Å². The number of hydrogen-bond acceptors (Lipinski definition) is 3. The van der Waals surface area contributed by atoms with Crippen LogP contribution in [0.1, 0.15) is 52.4 Å². The van der Waals surface area contributed by atoms with E-state index in [2.05, 4.69) is 24.5 Å². The molecule has 6 heteroatoms. The minimum Gasteiger partial charge on any atom is -0.481 e. The molecule has 3 atom stereocenters. The van der Waals surface area contributed by atoms with E-state index < -0.39 is 5.97 Å². The first-order chi connectivity index (χ1) is 10.9. The summed E-state index contributed by atoms with van der Waals surface area (Å²) in [6.07, 6.45) is 5.22. The molecule has 1 aliphatic heterocycles. The van der Waals surface area contributed by atoms with Crippen LogP contribution < -0.4 is 10.6 Å². The number of urea groups is 1. The van der Waals surface area contributed by atoms with Crippen LogP contribution in [0.25, 0.3) is 0 Å². The molecule has 0 spiro atoms. The van der Waals surface area contributed by atoms with Gasteiger partial charge >= 0.3 is 12.0 Å². The third-order valence-corrected chi connectivity index (χ3v) is 6.03. The fraction of sp³-hybridized carbons (Fsp3) is 0.882. The minimum absolute atomic E-state index is 0.0244. The third kappa shape index (κ3) is 3.18. The Balaban J connectivity index is 1.47. The van der Waals surface area contributed by atoms with E-state index in [0.717, 1.165) is 32.3 Å². The number of fused-ring (bicyclic) bond motifs is 1. The molecular formula is C17H28N2O4. The van der Waals surface area contributed by atoms with Crippen LogP contribution in [0.4, 0.5) is 4.79 Å². The maximum absolute atomic E-state index is 12.3. The molecule has 3 fully saturated rings. The summed E-state index contributed by atoms with van der Waals surface area (Å²) in [6, 6.07) is 0.126. The number of carbonyl (C=O) groups is 2. The Bertz CT molecular complexity index is 471. The quantitative estimate of drug-likeness (QED) is 0.742. The highest BCUT2D eigenvalue weighted by atomic mass is 16.5. The summed E-state index contributed by atoms with van der Waals surface area (Å²) in [7, 11) is 0. The van der Waals surface area contributed by atoms with Gasteiger partial charge in [0.15, 0.2) is 0 Å². The van der Waals surface area contributed by atoms with Gasteiger partial charge in [-0.15, -0.1) is 0 Å². The van der Waals surface area contributed by atoms with Gasteiger partial charge in [-0.2, -0.15) is 0 Å². The summed E-state index contributed by atoms with van der Waals surface area (Å²) in [5, 5.41) is 15.2. The van der Waals surface area contributed by atoms with Crippen molar-refractivity contribution in [2.75, 3.05) is 6.61 Å². The van der Waals surface area contributed by atoms with Gasteiger partial charge in [0.05, 0.1) is 12.0 Å². The molecular weight excluding hydrogens is 296 g/mol. The first-order valence-electron chi connectivity index (χ1n) is 8.81. The topological polar surface area (TPSA) is 87.7 Å². The van der Waals surface area contributed by atoms with Gasteiger partial charge in [0, 0.05) is 30.0 Å². The number of aliphatic carboxylic acids is 1. The number of nitrogens with one attached hydrogen (secondary N) is 2. The lowest BCUT2D eigenvalue weighted by atomic mass is 9.55. The lowest BCUT2D eigenvalue weighted by Crippen LogP contribution is -2.71.